The molecule has 101 valence electrons. The number of rotatable bonds is 0. The summed E-state index contributed by atoms with van der Waals surface area (Å²) in [5.41, 5.74) is 0. The van der Waals surface area contributed by atoms with Gasteiger partial charge in [0.1, 0.15) is 0 Å². The van der Waals surface area contributed by atoms with Crippen LogP contribution in [0.5, 0.6) is 0 Å². The zero-order chi connectivity index (χ0) is 13.5. The Hall–Kier alpha value is 0.845. The Kier molecular flexibility index (Phi) is 15.8. The third-order valence-corrected chi connectivity index (χ3v) is 0. The van der Waals surface area contributed by atoms with Gasteiger partial charge in [0.15, 0.2) is 0 Å². The maximum Gasteiger partial charge on any atom is 3.00 e. The van der Waals surface area contributed by atoms with E-state index < -0.39 is 31.5 Å². The van der Waals surface area contributed by atoms with Crippen LogP contribution in [0.2, 0.25) is 0 Å². The molecule has 0 aromatic heterocycles. The number of halogens is 3. The molecule has 16 heavy (non-hydrogen) atoms. The van der Waals surface area contributed by atoms with Gasteiger partial charge in [-0.15, -0.1) is 11.7 Å². The predicted molar refractivity (Wildman–Crippen MR) is 32.4 cm³/mol. The topological polar surface area (TPSA) is 172 Å². The second kappa shape index (κ2) is 9.83. The Labute approximate surface area is 121 Å². The molecule has 0 heterocycles. The third kappa shape index (κ3) is 3990. The molecule has 0 aliphatic carbocycles. The van der Waals surface area contributed by atoms with Crippen molar-refractivity contribution in [1.82, 2.24) is 0 Å². The van der Waals surface area contributed by atoms with Gasteiger partial charge < -0.3 is 13.7 Å². The molecule has 9 nitrogen and oxygen atoms in total. The van der Waals surface area contributed by atoms with Gasteiger partial charge in [-0.25, -0.2) is 25.3 Å². The molecule has 1 radical (unpaired) electrons. The predicted octanol–water partition coefficient (Wildman–Crippen LogP) is -1.75. The van der Waals surface area contributed by atoms with E-state index in [4.69, 9.17) is 38.9 Å². The Bertz CT molecular complexity index is 347. The maximum absolute atomic E-state index is 10.1. The molecule has 0 aliphatic heterocycles. The van der Waals surface area contributed by atoms with E-state index in [2.05, 4.69) is 0 Å². The maximum atomic E-state index is 10.1. The molecule has 0 amide bonds. The molecule has 0 N–H and O–H groups in total. The summed E-state index contributed by atoms with van der Waals surface area (Å²) >= 11 is 0. The largest absolute Gasteiger partial charge is 3.00 e. The molecule has 0 aromatic carbocycles. The molecule has 16 heteroatoms. The molecular formula is F3GdO9S3. The van der Waals surface area contributed by atoms with Gasteiger partial charge in [-0.05, 0) is 0 Å². The minimum Gasteiger partial charge on any atom is -0.722 e. The van der Waals surface area contributed by atoms with Gasteiger partial charge in [0.2, 0.25) is 0 Å². The van der Waals surface area contributed by atoms with E-state index in [9.17, 15) is 11.7 Å². The Morgan fingerprint density at radius 3 is 0.562 bits per heavy atom. The standard InChI is InChI=1S/3FHO3S.Gd/c3*1-5(2,3)4;/h3*(H,2,3,4);/q;;;+3/p-3. The van der Waals surface area contributed by atoms with E-state index in [1.54, 1.807) is 0 Å². The fraction of sp³-hybridized carbons (Fsp3) is 0. The molecule has 0 saturated carbocycles. The van der Waals surface area contributed by atoms with Crippen LogP contribution in [-0.2, 0) is 31.5 Å². The second-order valence-corrected chi connectivity index (χ2v) is 3.54. The number of hydrogen-bond donors (Lipinski definition) is 0. The SMILES string of the molecule is O=S(=O)([O-])F.O=S(=O)([O-])F.O=S(=O)([O-])F.[Gd+3]. The summed E-state index contributed by atoms with van der Waals surface area (Å²) in [7, 11) is -16.2. The van der Waals surface area contributed by atoms with Crippen LogP contribution in [0.15, 0.2) is 0 Å². The normalized spacial score (nSPS) is 10.9. The van der Waals surface area contributed by atoms with Gasteiger partial charge in [-0.1, -0.05) is 0 Å². The van der Waals surface area contributed by atoms with Crippen LogP contribution in [0, 0.1) is 39.9 Å². The summed E-state index contributed by atoms with van der Waals surface area (Å²) in [6, 6.07) is 0. The van der Waals surface area contributed by atoms with E-state index in [-0.39, 0.29) is 39.9 Å². The van der Waals surface area contributed by atoms with Crippen LogP contribution >= 0.6 is 0 Å². The van der Waals surface area contributed by atoms with Crippen LogP contribution in [0.1, 0.15) is 0 Å². The van der Waals surface area contributed by atoms with E-state index >= 15 is 0 Å². The van der Waals surface area contributed by atoms with Crippen molar-refractivity contribution in [3.8, 4) is 0 Å². The van der Waals surface area contributed by atoms with Crippen molar-refractivity contribution in [1.29, 1.82) is 0 Å². The minimum atomic E-state index is -5.42. The van der Waals surface area contributed by atoms with Crippen LogP contribution in [0.25, 0.3) is 0 Å². The summed E-state index contributed by atoms with van der Waals surface area (Å²) in [6.07, 6.45) is 0. The first kappa shape index (κ1) is 25.6. The minimum absolute atomic E-state index is 0. The second-order valence-electron chi connectivity index (χ2n) is 1.18. The van der Waals surface area contributed by atoms with Crippen molar-refractivity contribution < 1.29 is 90.5 Å². The Morgan fingerprint density at radius 1 is 0.562 bits per heavy atom. The first-order chi connectivity index (χ1) is 6.00. The van der Waals surface area contributed by atoms with Crippen LogP contribution < -0.4 is 0 Å². The molecule has 0 unspecified atom stereocenters. The smallest absolute Gasteiger partial charge is 0.722 e. The van der Waals surface area contributed by atoms with Gasteiger partial charge >= 0.3 is 39.9 Å². The fourth-order valence-electron chi connectivity index (χ4n) is 0. The molecule has 0 saturated heterocycles. The summed E-state index contributed by atoms with van der Waals surface area (Å²) in [5.74, 6) is 0. The van der Waals surface area contributed by atoms with Crippen molar-refractivity contribution in [2.45, 2.75) is 0 Å². The molecule has 0 spiro atoms. The fourth-order valence-corrected chi connectivity index (χ4v) is 0. The molecule has 0 atom stereocenters. The first-order valence-electron chi connectivity index (χ1n) is 1.96. The zero-order valence-electron chi connectivity index (χ0n) is 6.39. The van der Waals surface area contributed by atoms with Crippen LogP contribution in [0.3, 0.4) is 0 Å². The van der Waals surface area contributed by atoms with Gasteiger partial charge in [0, 0.05) is 0 Å². The Balaban J connectivity index is -0.0000000655. The quantitative estimate of drug-likeness (QED) is 0.304. The van der Waals surface area contributed by atoms with Crippen molar-refractivity contribution in [2.24, 2.45) is 0 Å². The van der Waals surface area contributed by atoms with E-state index in [1.165, 1.54) is 0 Å². The van der Waals surface area contributed by atoms with Crippen molar-refractivity contribution in [3.63, 3.8) is 0 Å². The van der Waals surface area contributed by atoms with Gasteiger partial charge in [-0.2, -0.15) is 0 Å². The van der Waals surface area contributed by atoms with Crippen LogP contribution in [0.4, 0.5) is 11.7 Å². The summed E-state index contributed by atoms with van der Waals surface area (Å²) < 4.78 is 106. The summed E-state index contributed by atoms with van der Waals surface area (Å²) in [5, 5.41) is 0. The van der Waals surface area contributed by atoms with E-state index in [0.717, 1.165) is 0 Å². The summed E-state index contributed by atoms with van der Waals surface area (Å²) in [6.45, 7) is 0. The van der Waals surface area contributed by atoms with Gasteiger partial charge in [0.25, 0.3) is 31.5 Å². The average Bonchev–Trinajstić information content (AvgIpc) is 1.41. The monoisotopic (exact) mass is 455 g/mol. The third-order valence-electron chi connectivity index (χ3n) is 0. The van der Waals surface area contributed by atoms with Crippen molar-refractivity contribution >= 4 is 31.5 Å². The molecule has 0 aromatic rings. The molecule has 0 bridgehead atoms. The molecular weight excluding hydrogens is 454 g/mol. The van der Waals surface area contributed by atoms with Gasteiger partial charge in [0.05, 0.1) is 0 Å². The number of hydrogen-bond acceptors (Lipinski definition) is 9. The zero-order valence-corrected chi connectivity index (χ0v) is 11.1. The van der Waals surface area contributed by atoms with Gasteiger partial charge in [-0.3, -0.25) is 0 Å². The molecule has 0 aliphatic rings. The van der Waals surface area contributed by atoms with Crippen LogP contribution in [-0.4, -0.2) is 38.9 Å². The van der Waals surface area contributed by atoms with E-state index in [1.807, 2.05) is 0 Å². The van der Waals surface area contributed by atoms with Crippen molar-refractivity contribution in [2.75, 3.05) is 0 Å². The average molecular weight is 454 g/mol. The summed E-state index contributed by atoms with van der Waals surface area (Å²) in [4.78, 5) is 0. The molecule has 0 fully saturated rings. The van der Waals surface area contributed by atoms with E-state index in [0.29, 0.717) is 0 Å². The van der Waals surface area contributed by atoms with Crippen molar-refractivity contribution in [3.05, 3.63) is 0 Å². The first-order valence-corrected chi connectivity index (χ1v) is 5.89. The Morgan fingerprint density at radius 2 is 0.562 bits per heavy atom. The molecule has 0 rings (SSSR count).